The molecule has 9 heteroatoms. The maximum atomic E-state index is 11.2. The lowest BCUT2D eigenvalue weighted by molar-refractivity contribution is -0.163. The van der Waals surface area contributed by atoms with Crippen LogP contribution in [0.25, 0.3) is 0 Å². The third-order valence-corrected chi connectivity index (χ3v) is 1.90. The first-order valence-corrected chi connectivity index (χ1v) is 5.00. The zero-order chi connectivity index (χ0) is 14.3. The summed E-state index contributed by atoms with van der Waals surface area (Å²) in [6, 6.07) is -2.65. The van der Waals surface area contributed by atoms with Gasteiger partial charge in [-0.2, -0.15) is 0 Å². The van der Waals surface area contributed by atoms with Crippen molar-refractivity contribution in [3.63, 3.8) is 0 Å². The third kappa shape index (κ3) is 6.55. The number of hydrogen-bond acceptors (Lipinski definition) is 7. The highest BCUT2D eigenvalue weighted by atomic mass is 16.6. The molecule has 18 heavy (non-hydrogen) atoms. The Bertz CT molecular complexity index is 356. The minimum Gasteiger partial charge on any atom is -0.481 e. The van der Waals surface area contributed by atoms with Crippen LogP contribution in [0.15, 0.2) is 0 Å². The standard InChI is InChI=1S/C9H15N3O6/c10-4(1-2-6(12)13)8(16)18-9(17)5(11)3-7(14)15/h4-5H,1-3,10-11H2,(H2,12,13)(H,14,15)/t4-,5-/m0/s1. The lowest BCUT2D eigenvalue weighted by Crippen LogP contribution is -2.40. The molecular weight excluding hydrogens is 246 g/mol. The normalized spacial score (nSPS) is 13.4. The fourth-order valence-corrected chi connectivity index (χ4v) is 0.938. The Morgan fingerprint density at radius 3 is 2.00 bits per heavy atom. The van der Waals surface area contributed by atoms with Crippen LogP contribution < -0.4 is 17.2 Å². The molecule has 0 aliphatic rings. The van der Waals surface area contributed by atoms with Gasteiger partial charge in [0.2, 0.25) is 5.91 Å². The first-order valence-electron chi connectivity index (χ1n) is 5.00. The molecule has 0 spiro atoms. The number of carbonyl (C=O) groups is 4. The van der Waals surface area contributed by atoms with E-state index in [1.165, 1.54) is 0 Å². The van der Waals surface area contributed by atoms with Crippen LogP contribution >= 0.6 is 0 Å². The van der Waals surface area contributed by atoms with E-state index in [1.807, 2.05) is 0 Å². The van der Waals surface area contributed by atoms with Crippen molar-refractivity contribution in [3.8, 4) is 0 Å². The second-order valence-corrected chi connectivity index (χ2v) is 3.56. The molecule has 0 saturated heterocycles. The average Bonchev–Trinajstić information content (AvgIpc) is 2.24. The molecule has 0 radical (unpaired) electrons. The highest BCUT2D eigenvalue weighted by molar-refractivity contribution is 5.92. The van der Waals surface area contributed by atoms with E-state index in [1.54, 1.807) is 0 Å². The second kappa shape index (κ2) is 7.35. The molecule has 0 aromatic heterocycles. The van der Waals surface area contributed by atoms with Crippen LogP contribution in [0.5, 0.6) is 0 Å². The molecule has 2 atom stereocenters. The van der Waals surface area contributed by atoms with E-state index in [9.17, 15) is 19.2 Å². The zero-order valence-electron chi connectivity index (χ0n) is 9.50. The lowest BCUT2D eigenvalue weighted by Gasteiger charge is -2.11. The summed E-state index contributed by atoms with van der Waals surface area (Å²) in [5.74, 6) is -4.21. The first-order chi connectivity index (χ1) is 8.23. The molecule has 0 rings (SSSR count). The molecule has 0 aliphatic carbocycles. The molecule has 0 unspecified atom stereocenters. The predicted octanol–water partition coefficient (Wildman–Crippen LogP) is -2.55. The minimum absolute atomic E-state index is 0.0738. The molecule has 0 aliphatic heterocycles. The number of carboxylic acids is 1. The maximum Gasteiger partial charge on any atom is 0.331 e. The second-order valence-electron chi connectivity index (χ2n) is 3.56. The number of rotatable bonds is 7. The van der Waals surface area contributed by atoms with Gasteiger partial charge in [0.15, 0.2) is 0 Å². The van der Waals surface area contributed by atoms with Gasteiger partial charge < -0.3 is 27.0 Å². The Morgan fingerprint density at radius 2 is 1.56 bits per heavy atom. The van der Waals surface area contributed by atoms with Gasteiger partial charge in [0, 0.05) is 6.42 Å². The average molecular weight is 261 g/mol. The summed E-state index contributed by atoms with van der Waals surface area (Å²) in [4.78, 5) is 43.1. The van der Waals surface area contributed by atoms with Crippen LogP contribution in [0.2, 0.25) is 0 Å². The Hall–Kier alpha value is -2.00. The van der Waals surface area contributed by atoms with E-state index in [0.29, 0.717) is 0 Å². The van der Waals surface area contributed by atoms with E-state index < -0.39 is 42.3 Å². The quantitative estimate of drug-likeness (QED) is 0.286. The fraction of sp³-hybridized carbons (Fsp3) is 0.556. The summed E-state index contributed by atoms with van der Waals surface area (Å²) in [6.45, 7) is 0. The summed E-state index contributed by atoms with van der Waals surface area (Å²) in [5, 5.41) is 8.37. The van der Waals surface area contributed by atoms with Crippen LogP contribution in [-0.2, 0) is 23.9 Å². The molecule has 0 aromatic carbocycles. The predicted molar refractivity (Wildman–Crippen MR) is 57.7 cm³/mol. The van der Waals surface area contributed by atoms with Crippen molar-refractivity contribution in [2.45, 2.75) is 31.3 Å². The molecule has 0 bridgehead atoms. The summed E-state index contributed by atoms with van der Waals surface area (Å²) >= 11 is 0. The van der Waals surface area contributed by atoms with Gasteiger partial charge in [-0.1, -0.05) is 0 Å². The lowest BCUT2D eigenvalue weighted by atomic mass is 10.1. The van der Waals surface area contributed by atoms with Gasteiger partial charge in [-0.25, -0.2) is 9.59 Å². The monoisotopic (exact) mass is 261 g/mol. The summed E-state index contributed by atoms with van der Waals surface area (Å²) < 4.78 is 4.26. The number of hydrogen-bond donors (Lipinski definition) is 4. The Balaban J connectivity index is 4.17. The summed E-state index contributed by atoms with van der Waals surface area (Å²) in [6.07, 6.45) is -0.871. The van der Waals surface area contributed by atoms with Crippen molar-refractivity contribution in [2.75, 3.05) is 0 Å². The molecule has 102 valence electrons. The topological polar surface area (TPSA) is 176 Å². The van der Waals surface area contributed by atoms with Crippen molar-refractivity contribution >= 4 is 23.8 Å². The van der Waals surface area contributed by atoms with E-state index in [0.717, 1.165) is 0 Å². The number of carbonyl (C=O) groups excluding carboxylic acids is 3. The van der Waals surface area contributed by atoms with E-state index >= 15 is 0 Å². The number of esters is 2. The van der Waals surface area contributed by atoms with E-state index in [-0.39, 0.29) is 12.8 Å². The van der Waals surface area contributed by atoms with Gasteiger partial charge in [-0.3, -0.25) is 9.59 Å². The largest absolute Gasteiger partial charge is 0.481 e. The van der Waals surface area contributed by atoms with Crippen LogP contribution in [0.3, 0.4) is 0 Å². The van der Waals surface area contributed by atoms with Crippen molar-refractivity contribution in [2.24, 2.45) is 17.2 Å². The summed E-state index contributed by atoms with van der Waals surface area (Å²) in [5.41, 5.74) is 15.3. The van der Waals surface area contributed by atoms with Crippen molar-refractivity contribution in [1.29, 1.82) is 0 Å². The third-order valence-electron chi connectivity index (χ3n) is 1.90. The number of primary amides is 1. The zero-order valence-corrected chi connectivity index (χ0v) is 9.50. The summed E-state index contributed by atoms with van der Waals surface area (Å²) in [7, 11) is 0. The Morgan fingerprint density at radius 1 is 1.06 bits per heavy atom. The Labute approximate surface area is 102 Å². The molecule has 0 aromatic rings. The van der Waals surface area contributed by atoms with E-state index in [4.69, 9.17) is 22.3 Å². The number of carboxylic acid groups (broad SMARTS) is 1. The van der Waals surface area contributed by atoms with Crippen LogP contribution in [0.4, 0.5) is 0 Å². The van der Waals surface area contributed by atoms with Crippen molar-refractivity contribution < 1.29 is 29.0 Å². The molecule has 0 fully saturated rings. The highest BCUT2D eigenvalue weighted by Crippen LogP contribution is 1.99. The van der Waals surface area contributed by atoms with Gasteiger partial charge >= 0.3 is 17.9 Å². The maximum absolute atomic E-state index is 11.2. The molecule has 9 nitrogen and oxygen atoms in total. The van der Waals surface area contributed by atoms with E-state index in [2.05, 4.69) is 4.74 Å². The van der Waals surface area contributed by atoms with Gasteiger partial charge in [0.05, 0.1) is 6.42 Å². The Kier molecular flexibility index (Phi) is 6.53. The fourth-order valence-electron chi connectivity index (χ4n) is 0.938. The number of amides is 1. The minimum atomic E-state index is -1.45. The highest BCUT2D eigenvalue weighted by Gasteiger charge is 2.24. The van der Waals surface area contributed by atoms with Gasteiger partial charge in [0.1, 0.15) is 12.1 Å². The van der Waals surface area contributed by atoms with Gasteiger partial charge in [-0.05, 0) is 6.42 Å². The number of ether oxygens (including phenoxy) is 1. The SMILES string of the molecule is NC(=O)CC[C@H](N)C(=O)OC(=O)[C@@H](N)CC(=O)O. The first kappa shape index (κ1) is 16.0. The smallest absolute Gasteiger partial charge is 0.331 e. The molecule has 7 N–H and O–H groups in total. The molecule has 0 heterocycles. The van der Waals surface area contributed by atoms with Crippen molar-refractivity contribution in [1.82, 2.24) is 0 Å². The van der Waals surface area contributed by atoms with Gasteiger partial charge in [-0.15, -0.1) is 0 Å². The van der Waals surface area contributed by atoms with Gasteiger partial charge in [0.25, 0.3) is 0 Å². The molecular formula is C9H15N3O6. The van der Waals surface area contributed by atoms with Crippen LogP contribution in [-0.4, -0.2) is 41.0 Å². The van der Waals surface area contributed by atoms with Crippen LogP contribution in [0, 0.1) is 0 Å². The number of aliphatic carboxylic acids is 1. The molecule has 0 saturated carbocycles. The molecule has 1 amide bonds. The number of nitrogens with two attached hydrogens (primary N) is 3. The van der Waals surface area contributed by atoms with Crippen molar-refractivity contribution in [3.05, 3.63) is 0 Å². The van der Waals surface area contributed by atoms with Crippen LogP contribution in [0.1, 0.15) is 19.3 Å².